The van der Waals surface area contributed by atoms with Crippen molar-refractivity contribution < 1.29 is 14.6 Å². The molecule has 0 aromatic heterocycles. The van der Waals surface area contributed by atoms with E-state index < -0.39 is 0 Å². The summed E-state index contributed by atoms with van der Waals surface area (Å²) >= 11 is 2.89. The van der Waals surface area contributed by atoms with Crippen LogP contribution in [-0.2, 0) is 0 Å². The van der Waals surface area contributed by atoms with Gasteiger partial charge >= 0.3 is 0 Å². The van der Waals surface area contributed by atoms with Gasteiger partial charge in [-0.3, -0.25) is 4.79 Å². The number of thioether (sulfide) groups is 2. The SMILES string of the molecule is COc1cc(C(C)=O)c(O)c(SC)c1SC. The van der Waals surface area contributed by atoms with Crippen molar-refractivity contribution in [2.24, 2.45) is 0 Å². The highest BCUT2D eigenvalue weighted by atomic mass is 32.2. The Bertz CT molecular complexity index is 416. The zero-order valence-corrected chi connectivity index (χ0v) is 11.3. The highest BCUT2D eigenvalue weighted by Gasteiger charge is 2.19. The maximum Gasteiger partial charge on any atom is 0.163 e. The first-order chi connectivity index (χ1) is 7.56. The molecule has 0 aliphatic rings. The van der Waals surface area contributed by atoms with E-state index in [1.165, 1.54) is 30.4 Å². The predicted molar refractivity (Wildman–Crippen MR) is 68.2 cm³/mol. The summed E-state index contributed by atoms with van der Waals surface area (Å²) in [5.74, 6) is 0.503. The minimum Gasteiger partial charge on any atom is -0.506 e. The number of aromatic hydroxyl groups is 1. The van der Waals surface area contributed by atoms with Gasteiger partial charge in [0.15, 0.2) is 5.78 Å². The minimum absolute atomic E-state index is 0.0464. The highest BCUT2D eigenvalue weighted by molar-refractivity contribution is 8.01. The molecule has 0 fully saturated rings. The Labute approximate surface area is 104 Å². The monoisotopic (exact) mass is 258 g/mol. The zero-order chi connectivity index (χ0) is 12.3. The van der Waals surface area contributed by atoms with Crippen molar-refractivity contribution in [3.63, 3.8) is 0 Å². The predicted octanol–water partition coefficient (Wildman–Crippen LogP) is 3.05. The van der Waals surface area contributed by atoms with Crippen molar-refractivity contribution in [3.8, 4) is 11.5 Å². The Balaban J connectivity index is 3.54. The number of phenolic OH excluding ortho intramolecular Hbond substituents is 1. The lowest BCUT2D eigenvalue weighted by Gasteiger charge is -2.14. The minimum atomic E-state index is -0.168. The molecule has 0 saturated carbocycles. The van der Waals surface area contributed by atoms with Crippen molar-refractivity contribution in [2.45, 2.75) is 16.7 Å². The Kier molecular flexibility index (Phi) is 4.56. The summed E-state index contributed by atoms with van der Waals surface area (Å²) in [4.78, 5) is 12.9. The van der Waals surface area contributed by atoms with E-state index in [9.17, 15) is 9.90 Å². The molecule has 0 atom stereocenters. The number of carbonyl (C=O) groups is 1. The summed E-state index contributed by atoms with van der Waals surface area (Å²) < 4.78 is 5.23. The molecular weight excluding hydrogens is 244 g/mol. The molecular formula is C11H14O3S2. The van der Waals surface area contributed by atoms with Crippen LogP contribution in [0.3, 0.4) is 0 Å². The van der Waals surface area contributed by atoms with Crippen LogP contribution in [0.15, 0.2) is 15.9 Å². The second-order valence-electron chi connectivity index (χ2n) is 3.10. The first-order valence-corrected chi connectivity index (χ1v) is 7.04. The average Bonchev–Trinajstić information content (AvgIpc) is 2.27. The van der Waals surface area contributed by atoms with Gasteiger partial charge in [0, 0.05) is 0 Å². The smallest absolute Gasteiger partial charge is 0.163 e. The molecule has 0 aliphatic heterocycles. The molecule has 3 nitrogen and oxygen atoms in total. The van der Waals surface area contributed by atoms with E-state index in [1.54, 1.807) is 13.2 Å². The molecule has 88 valence electrons. The Hall–Kier alpha value is -0.810. The number of Topliss-reactive ketones (excluding diaryl/α,β-unsaturated/α-hetero) is 1. The Morgan fingerprint density at radius 1 is 1.31 bits per heavy atom. The van der Waals surface area contributed by atoms with Gasteiger partial charge in [-0.25, -0.2) is 0 Å². The van der Waals surface area contributed by atoms with Gasteiger partial charge in [-0.2, -0.15) is 0 Å². The van der Waals surface area contributed by atoms with Crippen molar-refractivity contribution in [1.29, 1.82) is 0 Å². The van der Waals surface area contributed by atoms with Gasteiger partial charge < -0.3 is 9.84 Å². The molecule has 1 N–H and O–H groups in total. The molecule has 1 rings (SSSR count). The number of rotatable bonds is 4. The van der Waals surface area contributed by atoms with E-state index in [0.717, 1.165) is 4.90 Å². The number of hydrogen-bond donors (Lipinski definition) is 1. The summed E-state index contributed by atoms with van der Waals surface area (Å²) in [5, 5.41) is 9.98. The molecule has 0 aliphatic carbocycles. The van der Waals surface area contributed by atoms with Crippen molar-refractivity contribution in [2.75, 3.05) is 19.6 Å². The number of phenols is 1. The first kappa shape index (κ1) is 13.3. The normalized spacial score (nSPS) is 10.2. The van der Waals surface area contributed by atoms with E-state index >= 15 is 0 Å². The summed E-state index contributed by atoms with van der Waals surface area (Å²) in [6, 6.07) is 1.59. The van der Waals surface area contributed by atoms with Crippen LogP contribution in [0, 0.1) is 0 Å². The lowest BCUT2D eigenvalue weighted by atomic mass is 10.1. The largest absolute Gasteiger partial charge is 0.506 e. The van der Waals surface area contributed by atoms with Crippen LogP contribution in [0.25, 0.3) is 0 Å². The van der Waals surface area contributed by atoms with Crippen LogP contribution in [0.5, 0.6) is 11.5 Å². The number of ketones is 1. The van der Waals surface area contributed by atoms with Gasteiger partial charge in [-0.1, -0.05) is 0 Å². The van der Waals surface area contributed by atoms with Gasteiger partial charge in [0.05, 0.1) is 22.5 Å². The quantitative estimate of drug-likeness (QED) is 0.664. The highest BCUT2D eigenvalue weighted by Crippen LogP contribution is 2.44. The molecule has 0 unspecified atom stereocenters. The fraction of sp³-hybridized carbons (Fsp3) is 0.364. The van der Waals surface area contributed by atoms with Crippen LogP contribution in [-0.4, -0.2) is 30.5 Å². The number of carbonyl (C=O) groups excluding carboxylic acids is 1. The van der Waals surface area contributed by atoms with Crippen LogP contribution in [0.1, 0.15) is 17.3 Å². The molecule has 0 radical (unpaired) electrons. The molecule has 0 amide bonds. The van der Waals surface area contributed by atoms with Crippen molar-refractivity contribution >= 4 is 29.3 Å². The lowest BCUT2D eigenvalue weighted by Crippen LogP contribution is -1.98. The van der Waals surface area contributed by atoms with E-state index in [0.29, 0.717) is 16.2 Å². The van der Waals surface area contributed by atoms with Gasteiger partial charge in [0.25, 0.3) is 0 Å². The maximum absolute atomic E-state index is 11.4. The van der Waals surface area contributed by atoms with Gasteiger partial charge in [-0.05, 0) is 25.5 Å². The topological polar surface area (TPSA) is 46.5 Å². The fourth-order valence-corrected chi connectivity index (χ4v) is 3.12. The molecule has 0 saturated heterocycles. The summed E-state index contributed by atoms with van der Waals surface area (Å²) in [6.45, 7) is 1.43. The van der Waals surface area contributed by atoms with E-state index in [-0.39, 0.29) is 11.5 Å². The summed E-state index contributed by atoms with van der Waals surface area (Å²) in [6.07, 6.45) is 3.77. The third kappa shape index (κ3) is 2.30. The van der Waals surface area contributed by atoms with Crippen LogP contribution in [0.2, 0.25) is 0 Å². The van der Waals surface area contributed by atoms with Crippen LogP contribution in [0.4, 0.5) is 0 Å². The summed E-state index contributed by atoms with van der Waals surface area (Å²) in [5.41, 5.74) is 0.305. The third-order valence-corrected chi connectivity index (χ3v) is 3.93. The summed E-state index contributed by atoms with van der Waals surface area (Å²) in [7, 11) is 1.56. The van der Waals surface area contributed by atoms with Crippen LogP contribution >= 0.6 is 23.5 Å². The number of benzene rings is 1. The fourth-order valence-electron chi connectivity index (χ4n) is 1.41. The maximum atomic E-state index is 11.4. The standard InChI is InChI=1S/C11H14O3S2/c1-6(12)7-5-8(14-2)10(15-3)11(16-4)9(7)13/h5,13H,1-4H3. The molecule has 0 spiro atoms. The number of ether oxygens (including phenoxy) is 1. The zero-order valence-electron chi connectivity index (χ0n) is 9.66. The molecule has 5 heteroatoms. The van der Waals surface area contributed by atoms with Gasteiger partial charge in [-0.15, -0.1) is 23.5 Å². The third-order valence-electron chi connectivity index (χ3n) is 2.18. The second kappa shape index (κ2) is 5.50. The van der Waals surface area contributed by atoms with Crippen LogP contribution < -0.4 is 4.74 Å². The van der Waals surface area contributed by atoms with Gasteiger partial charge in [0.1, 0.15) is 11.5 Å². The Morgan fingerprint density at radius 3 is 2.25 bits per heavy atom. The van der Waals surface area contributed by atoms with Gasteiger partial charge in [0.2, 0.25) is 0 Å². The van der Waals surface area contributed by atoms with E-state index in [2.05, 4.69) is 0 Å². The molecule has 0 heterocycles. The number of methoxy groups -OCH3 is 1. The molecule has 1 aromatic rings. The molecule has 0 bridgehead atoms. The van der Waals surface area contributed by atoms with E-state index in [1.807, 2.05) is 12.5 Å². The number of hydrogen-bond acceptors (Lipinski definition) is 5. The van der Waals surface area contributed by atoms with E-state index in [4.69, 9.17) is 4.74 Å². The molecule has 16 heavy (non-hydrogen) atoms. The molecule has 1 aromatic carbocycles. The van der Waals surface area contributed by atoms with Crippen molar-refractivity contribution in [1.82, 2.24) is 0 Å². The van der Waals surface area contributed by atoms with Crippen molar-refractivity contribution in [3.05, 3.63) is 11.6 Å². The second-order valence-corrected chi connectivity index (χ2v) is 4.73. The first-order valence-electron chi connectivity index (χ1n) is 4.59. The average molecular weight is 258 g/mol. The Morgan fingerprint density at radius 2 is 1.88 bits per heavy atom. The lowest BCUT2D eigenvalue weighted by molar-refractivity contribution is 0.101.